The second kappa shape index (κ2) is 17.9. The van der Waals surface area contributed by atoms with Gasteiger partial charge in [-0.05, 0) is 44.0 Å². The third kappa shape index (κ3) is 11.1. The van der Waals surface area contributed by atoms with Crippen LogP contribution in [0.5, 0.6) is 0 Å². The van der Waals surface area contributed by atoms with E-state index in [0.29, 0.717) is 64.3 Å². The molecule has 0 radical (unpaired) electrons. The molecule has 4 unspecified atom stereocenters. The number of carboxylic acids is 1. The molecular weight excluding hydrogens is 683 g/mol. The predicted molar refractivity (Wildman–Crippen MR) is 183 cm³/mol. The van der Waals surface area contributed by atoms with Crippen LogP contribution in [0.15, 0.2) is 24.3 Å². The Hall–Kier alpha value is -4.34. The lowest BCUT2D eigenvalue weighted by Gasteiger charge is -2.39. The number of hydrogen-bond acceptors (Lipinski definition) is 15. The van der Waals surface area contributed by atoms with Gasteiger partial charge in [-0.2, -0.15) is 0 Å². The molecule has 19 nitrogen and oxygen atoms in total. The number of fused-ring (bicyclic) bond motifs is 4. The van der Waals surface area contributed by atoms with E-state index in [9.17, 15) is 43.9 Å². The number of carbonyl (C=O) groups excluding carboxylic acids is 5. The van der Waals surface area contributed by atoms with E-state index in [-0.39, 0.29) is 50.7 Å². The van der Waals surface area contributed by atoms with Crippen molar-refractivity contribution in [2.75, 3.05) is 90.5 Å². The van der Waals surface area contributed by atoms with E-state index in [1.807, 2.05) is 14.7 Å². The van der Waals surface area contributed by atoms with Crippen molar-refractivity contribution in [2.45, 2.75) is 44.0 Å². The molecule has 4 fully saturated rings. The summed E-state index contributed by atoms with van der Waals surface area (Å²) in [6.07, 6.45) is 0.0425. The normalized spacial score (nSPS) is 26.6. The molecule has 0 aromatic heterocycles. The highest BCUT2D eigenvalue weighted by atomic mass is 16.6. The van der Waals surface area contributed by atoms with E-state index in [1.165, 1.54) is 24.0 Å². The van der Waals surface area contributed by atoms with Gasteiger partial charge in [0.25, 0.3) is 11.8 Å². The number of carboxylic acid groups (broad SMARTS) is 1. The molecule has 0 saturated carbocycles. The molecule has 0 aliphatic carbocycles. The summed E-state index contributed by atoms with van der Waals surface area (Å²) in [5, 5.41) is 31.2. The van der Waals surface area contributed by atoms with E-state index < -0.39 is 61.0 Å². The maximum atomic E-state index is 13.1. The van der Waals surface area contributed by atoms with Crippen molar-refractivity contribution in [3.05, 3.63) is 29.8 Å². The zero-order valence-electron chi connectivity index (χ0n) is 29.1. The first-order valence-corrected chi connectivity index (χ1v) is 17.5. The first-order valence-electron chi connectivity index (χ1n) is 17.5. The van der Waals surface area contributed by atoms with Crippen molar-refractivity contribution in [3.8, 4) is 0 Å². The highest BCUT2D eigenvalue weighted by Crippen LogP contribution is 2.19. The number of aliphatic carboxylic acids is 1. The fourth-order valence-electron chi connectivity index (χ4n) is 6.98. The van der Waals surface area contributed by atoms with E-state index in [1.54, 1.807) is 17.0 Å². The van der Waals surface area contributed by atoms with Crippen molar-refractivity contribution >= 4 is 48.4 Å². The molecule has 20 heteroatoms. The summed E-state index contributed by atoms with van der Waals surface area (Å²) in [6, 6.07) is 5.34. The Balaban J connectivity index is 1.15. The number of nitrogens with zero attached hydrogens (tertiary/aromatic N) is 5. The SMILES string of the molecule is C[C@@H](NC(=O)c1ccc(NNC(=O)CN2CCN3CC(=O)OC(CN(CC(=O)O)CCN4CC(=O)OC(C2)C4)C3)cc1)C(=O)N1CCC[C@H]1B(O)O. The van der Waals surface area contributed by atoms with Crippen LogP contribution in [0.3, 0.4) is 0 Å². The van der Waals surface area contributed by atoms with Crippen LogP contribution in [0.1, 0.15) is 30.1 Å². The third-order valence-corrected chi connectivity index (χ3v) is 9.48. The number of carbonyl (C=O) groups is 6. The summed E-state index contributed by atoms with van der Waals surface area (Å²) in [4.78, 5) is 83.9. The molecule has 4 aliphatic rings. The Morgan fingerprint density at radius 3 is 1.98 bits per heavy atom. The largest absolute Gasteiger partial charge is 0.480 e. The number of hydrogen-bond donors (Lipinski definition) is 6. The third-order valence-electron chi connectivity index (χ3n) is 9.48. The summed E-state index contributed by atoms with van der Waals surface area (Å²) < 4.78 is 11.1. The van der Waals surface area contributed by atoms with Crippen LogP contribution >= 0.6 is 0 Å². The average molecular weight is 731 g/mol. The molecule has 3 amide bonds. The Morgan fingerprint density at radius 2 is 1.42 bits per heavy atom. The highest BCUT2D eigenvalue weighted by molar-refractivity contribution is 6.43. The number of ether oxygens (including phenoxy) is 2. The zero-order valence-corrected chi connectivity index (χ0v) is 29.1. The first-order chi connectivity index (χ1) is 24.8. The number of anilines is 1. The zero-order chi connectivity index (χ0) is 37.4. The van der Waals surface area contributed by atoms with Crippen molar-refractivity contribution in [3.63, 3.8) is 0 Å². The van der Waals surface area contributed by atoms with Gasteiger partial charge < -0.3 is 34.8 Å². The minimum Gasteiger partial charge on any atom is -0.480 e. The van der Waals surface area contributed by atoms with Crippen molar-refractivity contribution in [1.29, 1.82) is 0 Å². The maximum absolute atomic E-state index is 13.1. The highest BCUT2D eigenvalue weighted by Gasteiger charge is 2.39. The molecule has 0 spiro atoms. The van der Waals surface area contributed by atoms with Gasteiger partial charge in [0.2, 0.25) is 5.91 Å². The molecule has 4 heterocycles. The summed E-state index contributed by atoms with van der Waals surface area (Å²) in [7, 11) is -1.65. The van der Waals surface area contributed by atoms with Gasteiger partial charge in [-0.1, -0.05) is 0 Å². The number of morpholine rings is 2. The summed E-state index contributed by atoms with van der Waals surface area (Å²) in [6.45, 7) is 4.55. The van der Waals surface area contributed by atoms with Crippen molar-refractivity contribution in [2.24, 2.45) is 0 Å². The quantitative estimate of drug-likeness (QED) is 0.0776. The number of rotatable bonds is 10. The average Bonchev–Trinajstić information content (AvgIpc) is 3.58. The number of amides is 3. The van der Waals surface area contributed by atoms with Gasteiger partial charge in [0.15, 0.2) is 0 Å². The molecule has 6 atom stereocenters. The Morgan fingerprint density at radius 1 is 0.846 bits per heavy atom. The Bertz CT molecular complexity index is 1470. The Kier molecular flexibility index (Phi) is 13.4. The van der Waals surface area contributed by atoms with Crippen LogP contribution in [0.4, 0.5) is 5.69 Å². The molecular formula is C32H47BN8O11. The minimum atomic E-state index is -1.65. The molecule has 4 bridgehead atoms. The number of hydrazine groups is 1. The van der Waals surface area contributed by atoms with Gasteiger partial charge in [-0.15, -0.1) is 0 Å². The topological polar surface area (TPSA) is 234 Å². The van der Waals surface area contributed by atoms with Crippen molar-refractivity contribution in [1.82, 2.24) is 35.2 Å². The molecule has 4 aliphatic heterocycles. The lowest BCUT2D eigenvalue weighted by Crippen LogP contribution is -2.56. The fourth-order valence-corrected chi connectivity index (χ4v) is 6.98. The summed E-state index contributed by atoms with van der Waals surface area (Å²) >= 11 is 0. The second-order valence-corrected chi connectivity index (χ2v) is 13.7. The smallest absolute Gasteiger partial charge is 0.475 e. The van der Waals surface area contributed by atoms with Crippen LogP contribution in [-0.4, -0.2) is 192 Å². The monoisotopic (exact) mass is 730 g/mol. The van der Waals surface area contributed by atoms with E-state index >= 15 is 0 Å². The van der Waals surface area contributed by atoms with Gasteiger partial charge in [0.1, 0.15) is 18.2 Å². The molecule has 284 valence electrons. The molecule has 1 aromatic carbocycles. The standard InChI is InChI=1S/C32H47BN8O11/c1-21(32(48)41-8-2-3-26(41)33(49)50)34-31(47)22-4-6-23(7-5-22)35-36-27(42)17-37-9-11-39-16-25(52-30(46)19-39)14-38(18-28(43)44)10-12-40-15-24(13-37)51-29(45)20-40/h4-7,21,24-26,35,49-50H,2-3,8-20H2,1H3,(H,34,47)(H,36,42)(H,43,44)/t21-,24?,25?,26+/m1/s1. The van der Waals surface area contributed by atoms with Crippen LogP contribution in [0, 0.1) is 0 Å². The van der Waals surface area contributed by atoms with Gasteiger partial charge >= 0.3 is 25.0 Å². The molecule has 1 aromatic rings. The van der Waals surface area contributed by atoms with Crippen LogP contribution in [-0.2, 0) is 33.4 Å². The van der Waals surface area contributed by atoms with Gasteiger partial charge in [-0.3, -0.25) is 59.2 Å². The molecule has 6 N–H and O–H groups in total. The maximum Gasteiger partial charge on any atom is 0.475 e. The number of esters is 2. The number of nitrogens with one attached hydrogen (secondary N) is 3. The van der Waals surface area contributed by atoms with Crippen molar-refractivity contribution < 1.29 is 53.4 Å². The second-order valence-electron chi connectivity index (χ2n) is 13.7. The van der Waals surface area contributed by atoms with Gasteiger partial charge in [0.05, 0.1) is 37.8 Å². The first kappa shape index (κ1) is 38.9. The van der Waals surface area contributed by atoms with E-state index in [2.05, 4.69) is 16.2 Å². The molecule has 5 rings (SSSR count). The number of likely N-dealkylation sites (tertiary alicyclic amines) is 1. The van der Waals surface area contributed by atoms with E-state index in [0.717, 1.165) is 0 Å². The van der Waals surface area contributed by atoms with Gasteiger partial charge in [-0.25, -0.2) is 0 Å². The lowest BCUT2D eigenvalue weighted by atomic mass is 9.78. The predicted octanol–water partition coefficient (Wildman–Crippen LogP) is -3.59. The molecule has 4 saturated heterocycles. The summed E-state index contributed by atoms with van der Waals surface area (Å²) in [5.41, 5.74) is 6.23. The van der Waals surface area contributed by atoms with E-state index in [4.69, 9.17) is 9.47 Å². The Labute approximate surface area is 301 Å². The summed E-state index contributed by atoms with van der Waals surface area (Å²) in [5.74, 6) is -3.81. The van der Waals surface area contributed by atoms with Gasteiger partial charge in [0, 0.05) is 64.5 Å². The fraction of sp³-hybridized carbons (Fsp3) is 0.625. The minimum absolute atomic E-state index is 0.0548. The van der Waals surface area contributed by atoms with Crippen LogP contribution in [0.2, 0.25) is 0 Å². The lowest BCUT2D eigenvalue weighted by molar-refractivity contribution is -0.164. The number of benzene rings is 1. The van der Waals surface area contributed by atoms with Crippen LogP contribution in [0.25, 0.3) is 0 Å². The molecule has 52 heavy (non-hydrogen) atoms. The van der Waals surface area contributed by atoms with Crippen LogP contribution < -0.4 is 16.2 Å².